The zero-order chi connectivity index (χ0) is 22.8. The van der Waals surface area contributed by atoms with Gasteiger partial charge in [-0.2, -0.15) is 0 Å². The van der Waals surface area contributed by atoms with E-state index in [1.165, 1.54) is 106 Å². The van der Waals surface area contributed by atoms with Crippen LogP contribution in [0.3, 0.4) is 0 Å². The highest BCUT2D eigenvalue weighted by Gasteiger charge is 2.34. The maximum absolute atomic E-state index is 2.52. The van der Waals surface area contributed by atoms with Crippen molar-refractivity contribution in [3.05, 3.63) is 69.8 Å². The van der Waals surface area contributed by atoms with Crippen molar-refractivity contribution in [1.29, 1.82) is 0 Å². The predicted octanol–water partition coefficient (Wildman–Crippen LogP) is 9.60. The van der Waals surface area contributed by atoms with Crippen LogP contribution < -0.4 is 0 Å². The van der Waals surface area contributed by atoms with E-state index in [9.17, 15) is 0 Å². The van der Waals surface area contributed by atoms with Gasteiger partial charge in [-0.05, 0) is 97.6 Å². The lowest BCUT2D eigenvalue weighted by Gasteiger charge is -2.39. The van der Waals surface area contributed by atoms with E-state index in [1.54, 1.807) is 11.1 Å². The van der Waals surface area contributed by atoms with Gasteiger partial charge in [0.05, 0.1) is 0 Å². The summed E-state index contributed by atoms with van der Waals surface area (Å²) in [5.41, 5.74) is 9.70. The molecule has 0 nitrogen and oxygen atoms in total. The number of unbranched alkanes of at least 4 members (excludes halogenated alkanes) is 4. The largest absolute Gasteiger partial charge is 0.0654 e. The van der Waals surface area contributed by atoms with Gasteiger partial charge in [0.15, 0.2) is 0 Å². The highest BCUT2D eigenvalue weighted by Crippen LogP contribution is 2.44. The second-order valence-electron chi connectivity index (χ2n) is 10.7. The Morgan fingerprint density at radius 3 is 2.00 bits per heavy atom. The second-order valence-corrected chi connectivity index (χ2v) is 10.7. The summed E-state index contributed by atoms with van der Waals surface area (Å²) in [5.74, 6) is 0. The number of aryl methyl sites for hydroxylation is 5. The summed E-state index contributed by atoms with van der Waals surface area (Å²) >= 11 is 0. The first-order valence-corrected chi connectivity index (χ1v) is 13.8. The molecule has 0 amide bonds. The summed E-state index contributed by atoms with van der Waals surface area (Å²) in [7, 11) is 0. The van der Waals surface area contributed by atoms with Crippen LogP contribution in [0.4, 0.5) is 0 Å². The summed E-state index contributed by atoms with van der Waals surface area (Å²) in [6, 6.07) is 14.7. The molecule has 1 fully saturated rings. The van der Waals surface area contributed by atoms with Gasteiger partial charge in [0.25, 0.3) is 0 Å². The highest BCUT2D eigenvalue weighted by atomic mass is 14.4. The minimum absolute atomic E-state index is 0.459. The Hall–Kier alpha value is -1.56. The minimum Gasteiger partial charge on any atom is -0.0654 e. The Morgan fingerprint density at radius 1 is 0.656 bits per heavy atom. The van der Waals surface area contributed by atoms with Crippen molar-refractivity contribution in [2.24, 2.45) is 0 Å². The first-order valence-electron chi connectivity index (χ1n) is 13.8. The lowest BCUT2D eigenvalue weighted by molar-refractivity contribution is 0.265. The number of benzene rings is 2. The van der Waals surface area contributed by atoms with Gasteiger partial charge >= 0.3 is 0 Å². The van der Waals surface area contributed by atoms with Crippen LogP contribution in [0.25, 0.3) is 0 Å². The average Bonchev–Trinajstić information content (AvgIpc) is 2.79. The van der Waals surface area contributed by atoms with E-state index in [0.717, 1.165) is 12.8 Å². The Morgan fingerprint density at radius 2 is 1.31 bits per heavy atom. The van der Waals surface area contributed by atoms with E-state index in [0.29, 0.717) is 5.41 Å². The number of hydrogen-bond donors (Lipinski definition) is 0. The molecule has 1 aliphatic carbocycles. The first kappa shape index (κ1) is 25.1. The third-order valence-corrected chi connectivity index (χ3v) is 8.09. The molecule has 0 spiro atoms. The van der Waals surface area contributed by atoms with Gasteiger partial charge in [-0.1, -0.05) is 102 Å². The lowest BCUT2D eigenvalue weighted by atomic mass is 9.65. The van der Waals surface area contributed by atoms with Crippen molar-refractivity contribution < 1.29 is 0 Å². The molecule has 0 radical (unpaired) electrons. The molecule has 0 N–H and O–H groups in total. The molecule has 0 heteroatoms. The van der Waals surface area contributed by atoms with E-state index in [4.69, 9.17) is 0 Å². The Labute approximate surface area is 199 Å². The monoisotopic (exact) mass is 432 g/mol. The van der Waals surface area contributed by atoms with Crippen molar-refractivity contribution in [2.45, 2.75) is 129 Å². The molecular formula is C32H48. The zero-order valence-corrected chi connectivity index (χ0v) is 21.6. The molecule has 0 saturated heterocycles. The average molecular weight is 433 g/mol. The molecule has 1 aliphatic rings. The normalized spacial score (nSPS) is 15.8. The summed E-state index contributed by atoms with van der Waals surface area (Å²) in [4.78, 5) is 0. The van der Waals surface area contributed by atoms with Gasteiger partial charge in [0, 0.05) is 0 Å². The SMILES string of the molecule is CCCCCc1ccc(CCc2ccc(C3(CCCCC)CCCCC3)c(C)c2)c(C)c1. The molecule has 2 aromatic carbocycles. The summed E-state index contributed by atoms with van der Waals surface area (Å²) in [5, 5.41) is 0. The maximum atomic E-state index is 2.52. The molecule has 0 atom stereocenters. The van der Waals surface area contributed by atoms with Crippen LogP contribution in [-0.2, 0) is 24.7 Å². The van der Waals surface area contributed by atoms with Gasteiger partial charge in [0.2, 0.25) is 0 Å². The van der Waals surface area contributed by atoms with Crippen LogP contribution in [-0.4, -0.2) is 0 Å². The number of rotatable bonds is 12. The number of hydrogen-bond acceptors (Lipinski definition) is 0. The predicted molar refractivity (Wildman–Crippen MR) is 142 cm³/mol. The quantitative estimate of drug-likeness (QED) is 0.293. The smallest absolute Gasteiger partial charge is 0.00443 e. The molecule has 176 valence electrons. The summed E-state index contributed by atoms with van der Waals surface area (Å²) in [6.07, 6.45) is 20.1. The van der Waals surface area contributed by atoms with Crippen molar-refractivity contribution in [2.75, 3.05) is 0 Å². The second kappa shape index (κ2) is 12.6. The van der Waals surface area contributed by atoms with E-state index >= 15 is 0 Å². The third-order valence-electron chi connectivity index (χ3n) is 8.09. The molecular weight excluding hydrogens is 384 g/mol. The van der Waals surface area contributed by atoms with E-state index in [2.05, 4.69) is 64.1 Å². The Bertz CT molecular complexity index is 822. The minimum atomic E-state index is 0.459. The van der Waals surface area contributed by atoms with Crippen molar-refractivity contribution in [3.8, 4) is 0 Å². The van der Waals surface area contributed by atoms with Crippen molar-refractivity contribution in [3.63, 3.8) is 0 Å². The van der Waals surface area contributed by atoms with Crippen LogP contribution in [0.1, 0.15) is 124 Å². The van der Waals surface area contributed by atoms with Crippen LogP contribution in [0.5, 0.6) is 0 Å². The fourth-order valence-electron chi connectivity index (χ4n) is 6.12. The van der Waals surface area contributed by atoms with E-state index < -0.39 is 0 Å². The standard InChI is InChI=1S/C32H48/c1-5-7-10-14-28-15-18-30(26(3)24-28)19-16-29-17-20-31(27(4)25-29)32(21-11-8-6-2)22-12-9-13-23-32/h15,17-18,20,24-25H,5-14,16,19,21-23H2,1-4H3. The molecule has 0 bridgehead atoms. The van der Waals surface area contributed by atoms with Gasteiger partial charge in [0.1, 0.15) is 0 Å². The maximum Gasteiger partial charge on any atom is -0.00443 e. The first-order chi connectivity index (χ1) is 15.6. The fourth-order valence-corrected chi connectivity index (χ4v) is 6.12. The Kier molecular flexibility index (Phi) is 9.89. The molecule has 0 unspecified atom stereocenters. The molecule has 32 heavy (non-hydrogen) atoms. The molecule has 1 saturated carbocycles. The highest BCUT2D eigenvalue weighted by molar-refractivity contribution is 5.38. The van der Waals surface area contributed by atoms with Gasteiger partial charge in [-0.3, -0.25) is 0 Å². The van der Waals surface area contributed by atoms with Gasteiger partial charge in [-0.15, -0.1) is 0 Å². The molecule has 3 rings (SSSR count). The van der Waals surface area contributed by atoms with Crippen LogP contribution in [0.2, 0.25) is 0 Å². The molecule has 0 heterocycles. The van der Waals surface area contributed by atoms with Gasteiger partial charge < -0.3 is 0 Å². The Balaban J connectivity index is 1.66. The topological polar surface area (TPSA) is 0 Å². The summed E-state index contributed by atoms with van der Waals surface area (Å²) in [6.45, 7) is 9.29. The van der Waals surface area contributed by atoms with Crippen LogP contribution in [0.15, 0.2) is 36.4 Å². The van der Waals surface area contributed by atoms with Crippen LogP contribution >= 0.6 is 0 Å². The summed E-state index contributed by atoms with van der Waals surface area (Å²) < 4.78 is 0. The molecule has 2 aromatic rings. The zero-order valence-electron chi connectivity index (χ0n) is 21.6. The van der Waals surface area contributed by atoms with Crippen molar-refractivity contribution >= 4 is 0 Å². The van der Waals surface area contributed by atoms with E-state index in [-0.39, 0.29) is 0 Å². The fraction of sp³-hybridized carbons (Fsp3) is 0.625. The third kappa shape index (κ3) is 6.72. The van der Waals surface area contributed by atoms with Gasteiger partial charge in [-0.25, -0.2) is 0 Å². The lowest BCUT2D eigenvalue weighted by Crippen LogP contribution is -2.30. The molecule has 0 aliphatic heterocycles. The molecule has 0 aromatic heterocycles. The van der Waals surface area contributed by atoms with E-state index in [1.807, 2.05) is 0 Å². The van der Waals surface area contributed by atoms with Crippen LogP contribution in [0, 0.1) is 13.8 Å². The van der Waals surface area contributed by atoms with Crippen molar-refractivity contribution in [1.82, 2.24) is 0 Å².